The molecule has 0 bridgehead atoms. The molecule has 0 aliphatic rings. The Morgan fingerprint density at radius 2 is 0.742 bits per heavy atom. The Morgan fingerprint density at radius 3 is 1.34 bits per heavy atom. The highest BCUT2D eigenvalue weighted by molar-refractivity contribution is 6.29. The van der Waals surface area contributed by atoms with Crippen LogP contribution in [0.4, 0.5) is 0 Å². The van der Waals surface area contributed by atoms with Crippen molar-refractivity contribution in [1.82, 2.24) is 24.1 Å². The molecule has 0 unspecified atom stereocenters. The Morgan fingerprint density at radius 1 is 0.274 bits per heavy atom. The number of para-hydroxylation sites is 3. The Balaban J connectivity index is 1.14. The smallest absolute Gasteiger partial charge is 0.238 e. The highest BCUT2D eigenvalue weighted by Crippen LogP contribution is 2.45. The average Bonchev–Trinajstić information content (AvgIpc) is 3.87. The van der Waals surface area contributed by atoms with Gasteiger partial charge in [0.2, 0.25) is 5.95 Å². The fourth-order valence-electron chi connectivity index (χ4n) is 9.23. The highest BCUT2D eigenvalue weighted by Gasteiger charge is 2.24. The van der Waals surface area contributed by atoms with Crippen molar-refractivity contribution in [2.75, 3.05) is 0 Å². The van der Waals surface area contributed by atoms with E-state index in [9.17, 15) is 0 Å². The van der Waals surface area contributed by atoms with Crippen LogP contribution in [-0.4, -0.2) is 24.1 Å². The van der Waals surface area contributed by atoms with Crippen molar-refractivity contribution < 1.29 is 0 Å². The Labute approximate surface area is 358 Å². The molecular formula is C57H37N5. The third-order valence-electron chi connectivity index (χ3n) is 12.0. The van der Waals surface area contributed by atoms with E-state index in [4.69, 9.17) is 15.0 Å². The predicted octanol–water partition coefficient (Wildman–Crippen LogP) is 14.4. The van der Waals surface area contributed by atoms with E-state index in [2.05, 4.69) is 197 Å². The van der Waals surface area contributed by atoms with Gasteiger partial charge < -0.3 is 4.57 Å². The maximum absolute atomic E-state index is 5.21. The molecular weight excluding hydrogens is 755 g/mol. The summed E-state index contributed by atoms with van der Waals surface area (Å²) >= 11 is 0. The second kappa shape index (κ2) is 14.7. The molecule has 0 amide bonds. The van der Waals surface area contributed by atoms with Crippen LogP contribution < -0.4 is 0 Å². The molecule has 0 aliphatic heterocycles. The van der Waals surface area contributed by atoms with E-state index in [1.54, 1.807) is 0 Å². The molecule has 5 heteroatoms. The Bertz CT molecular complexity index is 3550. The zero-order valence-corrected chi connectivity index (χ0v) is 33.6. The molecule has 62 heavy (non-hydrogen) atoms. The standard InChI is InChI=1S/C57H37N5/c1-5-19-38(20-6-1)42-33-34-43(39-21-7-2-8-22-39)47(37-42)44-27-13-16-30-48(44)61-49-31-17-14-28-45(49)53-51(61)35-36-52-54(53)46-29-15-18-32-50(46)62(52)57-59-55(40-23-9-3-10-24-40)58-56(60-57)41-25-11-4-12-26-41/h1-37H. The monoisotopic (exact) mass is 791 g/mol. The summed E-state index contributed by atoms with van der Waals surface area (Å²) in [6.07, 6.45) is 0. The molecule has 3 aromatic heterocycles. The molecule has 290 valence electrons. The van der Waals surface area contributed by atoms with Crippen molar-refractivity contribution in [3.8, 4) is 67.8 Å². The lowest BCUT2D eigenvalue weighted by Gasteiger charge is -2.18. The maximum atomic E-state index is 5.21. The first-order chi connectivity index (χ1) is 30.8. The highest BCUT2D eigenvalue weighted by atomic mass is 15.2. The molecule has 0 spiro atoms. The van der Waals surface area contributed by atoms with Gasteiger partial charge in [0.25, 0.3) is 0 Å². The largest absolute Gasteiger partial charge is 0.309 e. The number of fused-ring (bicyclic) bond motifs is 7. The van der Waals surface area contributed by atoms with Crippen LogP contribution in [0.25, 0.3) is 111 Å². The summed E-state index contributed by atoms with van der Waals surface area (Å²) in [6, 6.07) is 79.4. The zero-order valence-electron chi connectivity index (χ0n) is 33.6. The van der Waals surface area contributed by atoms with Crippen LogP contribution in [0.15, 0.2) is 224 Å². The minimum atomic E-state index is 0.573. The summed E-state index contributed by atoms with van der Waals surface area (Å²) in [5.41, 5.74) is 14.4. The van der Waals surface area contributed by atoms with Crippen LogP contribution in [0.3, 0.4) is 0 Å². The van der Waals surface area contributed by atoms with Gasteiger partial charge in [-0.25, -0.2) is 4.98 Å². The van der Waals surface area contributed by atoms with Gasteiger partial charge in [-0.2, -0.15) is 9.97 Å². The number of aromatic nitrogens is 5. The van der Waals surface area contributed by atoms with Crippen molar-refractivity contribution in [3.05, 3.63) is 224 Å². The number of hydrogen-bond donors (Lipinski definition) is 0. The zero-order chi connectivity index (χ0) is 41.0. The van der Waals surface area contributed by atoms with Crippen LogP contribution in [0.2, 0.25) is 0 Å². The Kier molecular flexibility index (Phi) is 8.42. The van der Waals surface area contributed by atoms with Crippen LogP contribution in [0, 0.1) is 0 Å². The van der Waals surface area contributed by atoms with Crippen LogP contribution in [0.1, 0.15) is 0 Å². The first-order valence-corrected chi connectivity index (χ1v) is 21.0. The van der Waals surface area contributed by atoms with Gasteiger partial charge in [-0.05, 0) is 64.2 Å². The first-order valence-electron chi connectivity index (χ1n) is 21.0. The fraction of sp³-hybridized carbons (Fsp3) is 0. The van der Waals surface area contributed by atoms with E-state index in [0.29, 0.717) is 17.6 Å². The molecule has 0 aliphatic carbocycles. The molecule has 9 aromatic carbocycles. The number of rotatable bonds is 7. The predicted molar refractivity (Wildman–Crippen MR) is 256 cm³/mol. The second-order valence-electron chi connectivity index (χ2n) is 15.6. The van der Waals surface area contributed by atoms with Crippen molar-refractivity contribution in [2.45, 2.75) is 0 Å². The Hall–Kier alpha value is -8.41. The molecule has 0 atom stereocenters. The van der Waals surface area contributed by atoms with Crippen LogP contribution in [-0.2, 0) is 0 Å². The third-order valence-corrected chi connectivity index (χ3v) is 12.0. The maximum Gasteiger partial charge on any atom is 0.238 e. The van der Waals surface area contributed by atoms with E-state index in [1.165, 1.54) is 38.6 Å². The molecule has 0 saturated heterocycles. The van der Waals surface area contributed by atoms with Gasteiger partial charge >= 0.3 is 0 Å². The van der Waals surface area contributed by atoms with Crippen LogP contribution >= 0.6 is 0 Å². The van der Waals surface area contributed by atoms with Gasteiger partial charge in [0, 0.05) is 38.2 Å². The SMILES string of the molecule is c1ccc(-c2ccc(-c3ccccc3)c(-c3ccccc3-n3c4ccccc4c4c5c6ccccc6n(-c6nc(-c7ccccc7)nc(-c7ccccc7)n6)c5ccc43)c2)cc1. The van der Waals surface area contributed by atoms with Gasteiger partial charge in [0.15, 0.2) is 11.6 Å². The summed E-state index contributed by atoms with van der Waals surface area (Å²) in [6.45, 7) is 0. The molecule has 0 radical (unpaired) electrons. The summed E-state index contributed by atoms with van der Waals surface area (Å²) < 4.78 is 4.67. The lowest BCUT2D eigenvalue weighted by atomic mass is 9.90. The fourth-order valence-corrected chi connectivity index (χ4v) is 9.23. The summed E-state index contributed by atoms with van der Waals surface area (Å²) in [5.74, 6) is 1.82. The molecule has 3 heterocycles. The van der Waals surface area contributed by atoms with Crippen molar-refractivity contribution in [1.29, 1.82) is 0 Å². The topological polar surface area (TPSA) is 48.5 Å². The van der Waals surface area contributed by atoms with Gasteiger partial charge in [-0.3, -0.25) is 4.57 Å². The van der Waals surface area contributed by atoms with E-state index in [0.717, 1.165) is 55.2 Å². The molecule has 12 aromatic rings. The van der Waals surface area contributed by atoms with E-state index < -0.39 is 0 Å². The minimum Gasteiger partial charge on any atom is -0.309 e. The van der Waals surface area contributed by atoms with Crippen LogP contribution in [0.5, 0.6) is 0 Å². The summed E-state index contributed by atoms with van der Waals surface area (Å²) in [7, 11) is 0. The molecule has 0 fully saturated rings. The van der Waals surface area contributed by atoms with E-state index in [-0.39, 0.29) is 0 Å². The lowest BCUT2D eigenvalue weighted by molar-refractivity contribution is 0.953. The van der Waals surface area contributed by atoms with Gasteiger partial charge in [-0.15, -0.1) is 0 Å². The van der Waals surface area contributed by atoms with E-state index >= 15 is 0 Å². The summed E-state index contributed by atoms with van der Waals surface area (Å²) in [5, 5.41) is 4.65. The molecule has 12 rings (SSSR count). The van der Waals surface area contributed by atoms with Crippen molar-refractivity contribution >= 4 is 43.6 Å². The third kappa shape index (κ3) is 5.82. The molecule has 0 N–H and O–H groups in total. The summed E-state index contributed by atoms with van der Waals surface area (Å²) in [4.78, 5) is 15.4. The van der Waals surface area contributed by atoms with Crippen molar-refractivity contribution in [3.63, 3.8) is 0 Å². The minimum absolute atomic E-state index is 0.573. The number of nitrogens with zero attached hydrogens (tertiary/aromatic N) is 5. The lowest BCUT2D eigenvalue weighted by Crippen LogP contribution is -2.06. The molecule has 0 saturated carbocycles. The number of benzene rings is 9. The van der Waals surface area contributed by atoms with Crippen molar-refractivity contribution in [2.24, 2.45) is 0 Å². The second-order valence-corrected chi connectivity index (χ2v) is 15.6. The molecule has 5 nitrogen and oxygen atoms in total. The van der Waals surface area contributed by atoms with Gasteiger partial charge in [0.1, 0.15) is 0 Å². The first kappa shape index (κ1) is 35.5. The van der Waals surface area contributed by atoms with E-state index in [1.807, 2.05) is 36.4 Å². The van der Waals surface area contributed by atoms with Gasteiger partial charge in [0.05, 0.1) is 27.8 Å². The average molecular weight is 792 g/mol. The van der Waals surface area contributed by atoms with Gasteiger partial charge in [-0.1, -0.05) is 188 Å². The number of hydrogen-bond acceptors (Lipinski definition) is 3. The quantitative estimate of drug-likeness (QED) is 0.162. The normalized spacial score (nSPS) is 11.5.